The number of rotatable bonds is 5. The minimum Gasteiger partial charge on any atom is -0.493 e. The third-order valence-electron chi connectivity index (χ3n) is 4.22. The Bertz CT molecular complexity index is 476. The summed E-state index contributed by atoms with van der Waals surface area (Å²) in [7, 11) is 2.19. The monoisotopic (exact) mass is 324 g/mol. The molecule has 0 saturated carbocycles. The lowest BCUT2D eigenvalue weighted by Gasteiger charge is -2.32. The molecule has 22 heavy (non-hydrogen) atoms. The highest BCUT2D eigenvalue weighted by Gasteiger charge is 2.19. The second kappa shape index (κ2) is 7.67. The van der Waals surface area contributed by atoms with Gasteiger partial charge in [0.1, 0.15) is 5.75 Å². The van der Waals surface area contributed by atoms with Crippen molar-refractivity contribution < 1.29 is 4.74 Å². The topological polar surface area (TPSA) is 15.7 Å². The molecular weight excluding hydrogens is 296 g/mol. The molecule has 2 rings (SSSR count). The Morgan fingerprint density at radius 2 is 1.82 bits per heavy atom. The Hall–Kier alpha value is -0.770. The molecule has 124 valence electrons. The molecule has 0 aliphatic carbocycles. The van der Waals surface area contributed by atoms with Crippen LogP contribution in [0.2, 0.25) is 5.02 Å². The van der Waals surface area contributed by atoms with E-state index in [1.807, 2.05) is 18.2 Å². The van der Waals surface area contributed by atoms with Crippen LogP contribution in [0, 0.1) is 0 Å². The van der Waals surface area contributed by atoms with Crippen molar-refractivity contribution in [2.24, 2.45) is 0 Å². The Labute approximate surface area is 140 Å². The lowest BCUT2D eigenvalue weighted by Crippen LogP contribution is -2.44. The van der Waals surface area contributed by atoms with E-state index in [1.165, 1.54) is 31.7 Å². The van der Waals surface area contributed by atoms with Gasteiger partial charge in [-0.15, -0.1) is 0 Å². The van der Waals surface area contributed by atoms with E-state index >= 15 is 0 Å². The van der Waals surface area contributed by atoms with Gasteiger partial charge < -0.3 is 14.5 Å². The Morgan fingerprint density at radius 1 is 1.14 bits per heavy atom. The van der Waals surface area contributed by atoms with Crippen LogP contribution in [0.3, 0.4) is 0 Å². The molecular formula is C18H29ClN2O. The highest BCUT2D eigenvalue weighted by Crippen LogP contribution is 2.33. The lowest BCUT2D eigenvalue weighted by molar-refractivity contribution is 0.145. The minimum atomic E-state index is 0.0394. The van der Waals surface area contributed by atoms with Crippen molar-refractivity contribution in [3.8, 4) is 5.75 Å². The SMILES string of the molecule is CN1CCN(CCCOc2ccc(Cl)cc2C(C)(C)C)CC1. The van der Waals surface area contributed by atoms with Crippen molar-refractivity contribution in [3.05, 3.63) is 28.8 Å². The van der Waals surface area contributed by atoms with Gasteiger partial charge in [0.25, 0.3) is 0 Å². The van der Waals surface area contributed by atoms with Gasteiger partial charge in [0.15, 0.2) is 0 Å². The Balaban J connectivity index is 1.82. The first-order chi connectivity index (χ1) is 10.4. The average Bonchev–Trinajstić information content (AvgIpc) is 2.45. The second-order valence-corrected chi connectivity index (χ2v) is 7.67. The fourth-order valence-electron chi connectivity index (χ4n) is 2.76. The van der Waals surface area contributed by atoms with E-state index in [1.54, 1.807) is 0 Å². The van der Waals surface area contributed by atoms with Crippen molar-refractivity contribution in [1.82, 2.24) is 9.80 Å². The van der Waals surface area contributed by atoms with E-state index in [2.05, 4.69) is 37.6 Å². The minimum absolute atomic E-state index is 0.0394. The molecule has 1 aliphatic heterocycles. The first-order valence-electron chi connectivity index (χ1n) is 8.20. The van der Waals surface area contributed by atoms with Crippen LogP contribution < -0.4 is 4.74 Å². The molecule has 1 aromatic carbocycles. The van der Waals surface area contributed by atoms with Crippen LogP contribution >= 0.6 is 11.6 Å². The number of likely N-dealkylation sites (N-methyl/N-ethyl adjacent to an activating group) is 1. The molecule has 1 heterocycles. The summed E-state index contributed by atoms with van der Waals surface area (Å²) in [5, 5.41) is 0.773. The van der Waals surface area contributed by atoms with Crippen LogP contribution in [-0.2, 0) is 5.41 Å². The zero-order valence-electron chi connectivity index (χ0n) is 14.4. The van der Waals surface area contributed by atoms with E-state index in [0.717, 1.165) is 30.3 Å². The van der Waals surface area contributed by atoms with Gasteiger partial charge in [-0.1, -0.05) is 32.4 Å². The molecule has 1 fully saturated rings. The highest BCUT2D eigenvalue weighted by atomic mass is 35.5. The van der Waals surface area contributed by atoms with Crippen molar-refractivity contribution in [2.45, 2.75) is 32.6 Å². The summed E-state index contributed by atoms with van der Waals surface area (Å²) in [6.45, 7) is 13.1. The fraction of sp³-hybridized carbons (Fsp3) is 0.667. The van der Waals surface area contributed by atoms with E-state index in [-0.39, 0.29) is 5.41 Å². The van der Waals surface area contributed by atoms with Gasteiger partial charge in [-0.25, -0.2) is 0 Å². The average molecular weight is 325 g/mol. The van der Waals surface area contributed by atoms with Crippen LogP contribution in [-0.4, -0.2) is 56.2 Å². The third kappa shape index (κ3) is 5.15. The molecule has 1 saturated heterocycles. The van der Waals surface area contributed by atoms with Gasteiger partial charge in [-0.3, -0.25) is 0 Å². The summed E-state index contributed by atoms with van der Waals surface area (Å²) < 4.78 is 6.04. The molecule has 1 aliphatic rings. The predicted octanol–water partition coefficient (Wildman–Crippen LogP) is 3.65. The summed E-state index contributed by atoms with van der Waals surface area (Å²) in [6, 6.07) is 5.93. The fourth-order valence-corrected chi connectivity index (χ4v) is 2.93. The number of benzene rings is 1. The molecule has 0 atom stereocenters. The molecule has 0 amide bonds. The Morgan fingerprint density at radius 3 is 2.45 bits per heavy atom. The Kier molecular flexibility index (Phi) is 6.13. The maximum atomic E-state index is 6.13. The predicted molar refractivity (Wildman–Crippen MR) is 94.2 cm³/mol. The van der Waals surface area contributed by atoms with Crippen molar-refractivity contribution in [3.63, 3.8) is 0 Å². The molecule has 0 spiro atoms. The molecule has 0 bridgehead atoms. The second-order valence-electron chi connectivity index (χ2n) is 7.24. The number of hydrogen-bond acceptors (Lipinski definition) is 3. The van der Waals surface area contributed by atoms with Crippen LogP contribution in [0.1, 0.15) is 32.8 Å². The quantitative estimate of drug-likeness (QED) is 0.769. The van der Waals surface area contributed by atoms with E-state index in [9.17, 15) is 0 Å². The van der Waals surface area contributed by atoms with Crippen LogP contribution in [0.4, 0.5) is 0 Å². The van der Waals surface area contributed by atoms with Crippen LogP contribution in [0.25, 0.3) is 0 Å². The molecule has 0 radical (unpaired) electrons. The van der Waals surface area contributed by atoms with Gasteiger partial charge in [-0.2, -0.15) is 0 Å². The molecule has 0 unspecified atom stereocenters. The molecule has 3 nitrogen and oxygen atoms in total. The zero-order chi connectivity index (χ0) is 16.2. The number of piperazine rings is 1. The van der Waals surface area contributed by atoms with E-state index < -0.39 is 0 Å². The normalized spacial score (nSPS) is 17.7. The molecule has 4 heteroatoms. The lowest BCUT2D eigenvalue weighted by atomic mass is 9.86. The van der Waals surface area contributed by atoms with Gasteiger partial charge in [0.2, 0.25) is 0 Å². The van der Waals surface area contributed by atoms with Gasteiger partial charge in [-0.05, 0) is 37.1 Å². The number of halogens is 1. The van der Waals surface area contributed by atoms with Gasteiger partial charge in [0, 0.05) is 43.3 Å². The summed E-state index contributed by atoms with van der Waals surface area (Å²) in [6.07, 6.45) is 1.07. The number of hydrogen-bond donors (Lipinski definition) is 0. The highest BCUT2D eigenvalue weighted by molar-refractivity contribution is 6.30. The largest absolute Gasteiger partial charge is 0.493 e. The maximum absolute atomic E-state index is 6.13. The van der Waals surface area contributed by atoms with E-state index in [4.69, 9.17) is 16.3 Å². The van der Waals surface area contributed by atoms with E-state index in [0.29, 0.717) is 0 Å². The maximum Gasteiger partial charge on any atom is 0.123 e. The van der Waals surface area contributed by atoms with Crippen molar-refractivity contribution >= 4 is 11.6 Å². The first-order valence-corrected chi connectivity index (χ1v) is 8.58. The van der Waals surface area contributed by atoms with Crippen molar-refractivity contribution in [1.29, 1.82) is 0 Å². The summed E-state index contributed by atoms with van der Waals surface area (Å²) in [5.41, 5.74) is 1.22. The smallest absolute Gasteiger partial charge is 0.123 e. The number of ether oxygens (including phenoxy) is 1. The summed E-state index contributed by atoms with van der Waals surface area (Å²) in [5.74, 6) is 0.968. The van der Waals surface area contributed by atoms with Crippen molar-refractivity contribution in [2.75, 3.05) is 46.4 Å². The first kappa shape index (κ1) is 17.6. The van der Waals surface area contributed by atoms with Crippen LogP contribution in [0.15, 0.2) is 18.2 Å². The molecule has 1 aromatic rings. The van der Waals surface area contributed by atoms with Crippen LogP contribution in [0.5, 0.6) is 5.75 Å². The van der Waals surface area contributed by atoms with Gasteiger partial charge in [0.05, 0.1) is 6.61 Å². The number of nitrogens with zero attached hydrogens (tertiary/aromatic N) is 2. The molecule has 0 aromatic heterocycles. The standard InChI is InChI=1S/C18H29ClN2O/c1-18(2,3)16-14-15(19)6-7-17(16)22-13-5-8-21-11-9-20(4)10-12-21/h6-7,14H,5,8-13H2,1-4H3. The third-order valence-corrected chi connectivity index (χ3v) is 4.46. The van der Waals surface area contributed by atoms with Gasteiger partial charge >= 0.3 is 0 Å². The summed E-state index contributed by atoms with van der Waals surface area (Å²) in [4.78, 5) is 4.91. The summed E-state index contributed by atoms with van der Waals surface area (Å²) >= 11 is 6.13. The molecule has 0 N–H and O–H groups in total. The zero-order valence-corrected chi connectivity index (χ0v) is 15.1.